The lowest BCUT2D eigenvalue weighted by atomic mass is 10.1. The smallest absolute Gasteiger partial charge is 0.399 e. The van der Waals surface area contributed by atoms with E-state index < -0.39 is 31.9 Å². The molecule has 0 N–H and O–H groups in total. The molecule has 2 heterocycles. The number of likely N-dealkylation sites (N-methyl/N-ethyl adjacent to an activating group) is 1. The Labute approximate surface area is 131 Å². The lowest BCUT2D eigenvalue weighted by Crippen LogP contribution is -2.34. The maximum Gasteiger partial charge on any atom is 0.399 e. The lowest BCUT2D eigenvalue weighted by molar-refractivity contribution is -0.189. The lowest BCUT2D eigenvalue weighted by Gasteiger charge is -2.24. The first-order chi connectivity index (χ1) is 12.0. The summed E-state index contributed by atoms with van der Waals surface area (Å²) in [6, 6.07) is 0. The van der Waals surface area contributed by atoms with E-state index in [2.05, 4.69) is 9.98 Å². The highest BCUT2D eigenvalue weighted by Crippen LogP contribution is 2.26. The molecular formula is C15H23F2N3O. The topological polar surface area (TPSA) is 37.2 Å². The molecule has 0 aromatic heterocycles. The molecule has 0 aliphatic carbocycles. The number of aliphatic imine (C=N–C) groups is 2. The molecule has 0 unspecified atom stereocenters. The van der Waals surface area contributed by atoms with Crippen LogP contribution in [0.1, 0.15) is 45.9 Å². The fourth-order valence-corrected chi connectivity index (χ4v) is 2.10. The number of hydrogen-bond acceptors (Lipinski definition) is 4. The Bertz CT molecular complexity index is 617. The normalized spacial score (nSPS) is 26.6. The van der Waals surface area contributed by atoms with E-state index in [1.807, 2.05) is 6.92 Å². The summed E-state index contributed by atoms with van der Waals surface area (Å²) in [5, 5.41) is 0. The number of hydrogen-bond donors (Lipinski definition) is 0. The van der Waals surface area contributed by atoms with Gasteiger partial charge in [0.05, 0.1) is 6.42 Å². The molecule has 0 aromatic rings. The maximum atomic E-state index is 14.0. The largest absolute Gasteiger partial charge is 0.413 e. The summed E-state index contributed by atoms with van der Waals surface area (Å²) in [6.07, 6.45) is -0.451. The van der Waals surface area contributed by atoms with Crippen molar-refractivity contribution in [2.75, 3.05) is 26.7 Å². The monoisotopic (exact) mass is 304 g/mol. The van der Waals surface area contributed by atoms with Crippen molar-refractivity contribution in [3.05, 3.63) is 11.6 Å². The summed E-state index contributed by atoms with van der Waals surface area (Å²) in [7, 11) is 0. The molecule has 0 spiro atoms. The summed E-state index contributed by atoms with van der Waals surface area (Å²) < 4.78 is 71.7. The van der Waals surface area contributed by atoms with Crippen LogP contribution in [0.5, 0.6) is 0 Å². The van der Waals surface area contributed by atoms with E-state index in [9.17, 15) is 8.78 Å². The molecule has 21 heavy (non-hydrogen) atoms. The van der Waals surface area contributed by atoms with E-state index in [4.69, 9.17) is 11.6 Å². The molecule has 0 aromatic carbocycles. The van der Waals surface area contributed by atoms with Gasteiger partial charge in [0.15, 0.2) is 0 Å². The Balaban J connectivity index is 2.18. The number of nitrogens with zero attached hydrogens (tertiary/aromatic N) is 3. The molecular weight excluding hydrogens is 276 g/mol. The van der Waals surface area contributed by atoms with Crippen LogP contribution in [0.15, 0.2) is 21.6 Å². The molecule has 4 nitrogen and oxygen atoms in total. The van der Waals surface area contributed by atoms with Crippen molar-refractivity contribution < 1.29 is 20.4 Å². The zero-order chi connectivity index (χ0) is 19.6. The zero-order valence-electron chi connectivity index (χ0n) is 17.0. The van der Waals surface area contributed by atoms with Gasteiger partial charge in [-0.05, 0) is 25.4 Å². The average molecular weight is 304 g/mol. The molecule has 2 aliphatic rings. The molecule has 0 saturated carbocycles. The second-order valence-electron chi connectivity index (χ2n) is 4.98. The van der Waals surface area contributed by atoms with E-state index in [1.165, 1.54) is 6.08 Å². The van der Waals surface area contributed by atoms with E-state index in [-0.39, 0.29) is 30.9 Å². The van der Waals surface area contributed by atoms with Crippen LogP contribution < -0.4 is 0 Å². The third-order valence-electron chi connectivity index (χ3n) is 3.17. The minimum Gasteiger partial charge on any atom is -0.413 e. The fourth-order valence-electron chi connectivity index (χ4n) is 2.10. The summed E-state index contributed by atoms with van der Waals surface area (Å²) in [5.74, 6) is -0.436. The highest BCUT2D eigenvalue weighted by atomic mass is 19.3. The third-order valence-corrected chi connectivity index (χ3v) is 3.17. The quantitative estimate of drug-likeness (QED) is 0.706. The first kappa shape index (κ1) is 10.4. The van der Waals surface area contributed by atoms with Crippen molar-refractivity contribution >= 4 is 11.6 Å². The predicted octanol–water partition coefficient (Wildman–Crippen LogP) is 3.25. The number of ether oxygens (including phenoxy) is 1. The van der Waals surface area contributed by atoms with Crippen LogP contribution in [0.2, 0.25) is 0 Å². The van der Waals surface area contributed by atoms with Crippen molar-refractivity contribution in [1.82, 2.24) is 4.90 Å². The first-order valence-corrected chi connectivity index (χ1v) is 7.14. The van der Waals surface area contributed by atoms with Gasteiger partial charge in [0, 0.05) is 19.9 Å². The Morgan fingerprint density at radius 3 is 3.10 bits per heavy atom. The van der Waals surface area contributed by atoms with E-state index in [0.717, 1.165) is 6.42 Å². The molecule has 6 heteroatoms. The second kappa shape index (κ2) is 7.11. The van der Waals surface area contributed by atoms with Gasteiger partial charge in [0.25, 0.3) is 0 Å². The molecule has 118 valence electrons. The van der Waals surface area contributed by atoms with Gasteiger partial charge < -0.3 is 9.64 Å². The first-order valence-electron chi connectivity index (χ1n) is 9.64. The standard InChI is InChI=1S/C15H23F2N3O/c1-3-4-5-8-15(16,17)21-14-13(18-11-19-14)12-7-6-9-20(2)10-12/h7H,3-6,8-11H2,1-2H3/i2D3,10D2. The van der Waals surface area contributed by atoms with Crippen molar-refractivity contribution in [3.8, 4) is 0 Å². The van der Waals surface area contributed by atoms with E-state index >= 15 is 0 Å². The van der Waals surface area contributed by atoms with Gasteiger partial charge in [-0.3, -0.25) is 4.99 Å². The van der Waals surface area contributed by atoms with Gasteiger partial charge in [-0.2, -0.15) is 8.78 Å². The molecule has 0 fully saturated rings. The van der Waals surface area contributed by atoms with Gasteiger partial charge in [0.1, 0.15) is 12.4 Å². The Morgan fingerprint density at radius 1 is 1.48 bits per heavy atom. The van der Waals surface area contributed by atoms with Crippen LogP contribution in [-0.4, -0.2) is 49.3 Å². The molecule has 0 amide bonds. The average Bonchev–Trinajstić information content (AvgIpc) is 2.92. The van der Waals surface area contributed by atoms with Gasteiger partial charge in [-0.15, -0.1) is 0 Å². The Morgan fingerprint density at radius 2 is 2.33 bits per heavy atom. The van der Waals surface area contributed by atoms with Crippen LogP contribution in [0.4, 0.5) is 8.78 Å². The van der Waals surface area contributed by atoms with Crippen LogP contribution >= 0.6 is 0 Å². The van der Waals surface area contributed by atoms with Crippen molar-refractivity contribution in [2.45, 2.75) is 45.1 Å². The number of unbranched alkanes of at least 4 members (excludes halogenated alkanes) is 2. The van der Waals surface area contributed by atoms with Crippen LogP contribution in [0.3, 0.4) is 0 Å². The molecule has 2 aliphatic heterocycles. The van der Waals surface area contributed by atoms with Crippen molar-refractivity contribution in [1.29, 1.82) is 0 Å². The zero-order valence-corrected chi connectivity index (χ0v) is 12.0. The Kier molecular flexibility index (Phi) is 3.53. The fraction of sp³-hybridized carbons (Fsp3) is 0.733. The highest BCUT2D eigenvalue weighted by molar-refractivity contribution is 6.46. The molecule has 0 saturated heterocycles. The maximum absolute atomic E-state index is 14.0. The van der Waals surface area contributed by atoms with Crippen molar-refractivity contribution in [2.24, 2.45) is 9.98 Å². The van der Waals surface area contributed by atoms with Crippen LogP contribution in [-0.2, 0) is 4.74 Å². The minimum atomic E-state index is -3.44. The summed E-state index contributed by atoms with van der Waals surface area (Å²) >= 11 is 0. The molecule has 2 rings (SSSR count). The predicted molar refractivity (Wildman–Crippen MR) is 80.1 cm³/mol. The summed E-state index contributed by atoms with van der Waals surface area (Å²) in [4.78, 5) is 8.49. The van der Waals surface area contributed by atoms with Crippen LogP contribution in [0, 0.1) is 0 Å². The second-order valence-corrected chi connectivity index (χ2v) is 4.98. The Hall–Kier alpha value is -1.30. The van der Waals surface area contributed by atoms with Gasteiger partial charge >= 0.3 is 6.11 Å². The SMILES string of the molecule is [2H]C([2H])([2H])N1CCC=C(C2=NCN=C2OC(F)(F)CCCCC)C1([2H])[2H]. The summed E-state index contributed by atoms with van der Waals surface area (Å²) in [5.41, 5.74) is -0.236. The molecule has 0 radical (unpaired) electrons. The van der Waals surface area contributed by atoms with Gasteiger partial charge in [-0.1, -0.05) is 25.8 Å². The van der Waals surface area contributed by atoms with Crippen molar-refractivity contribution in [3.63, 3.8) is 0 Å². The number of alkyl halides is 2. The molecule has 0 atom stereocenters. The molecule has 0 bridgehead atoms. The van der Waals surface area contributed by atoms with E-state index in [0.29, 0.717) is 17.7 Å². The number of rotatable bonds is 6. The number of halogens is 2. The van der Waals surface area contributed by atoms with Crippen LogP contribution in [0.25, 0.3) is 0 Å². The highest BCUT2D eigenvalue weighted by Gasteiger charge is 2.35. The summed E-state index contributed by atoms with van der Waals surface area (Å²) in [6.45, 7) is -3.32. The minimum absolute atomic E-state index is 0.0131. The van der Waals surface area contributed by atoms with Gasteiger partial charge in [0.2, 0.25) is 5.90 Å². The third kappa shape index (κ3) is 4.59. The van der Waals surface area contributed by atoms with E-state index in [1.54, 1.807) is 0 Å². The van der Waals surface area contributed by atoms with Gasteiger partial charge in [-0.25, -0.2) is 4.99 Å².